The molecule has 1 aliphatic heterocycles. The Kier molecular flexibility index (Phi) is 4.67. The van der Waals surface area contributed by atoms with Crippen LogP contribution in [0.1, 0.15) is 28.5 Å². The number of aryl methyl sites for hydroxylation is 2. The van der Waals surface area contributed by atoms with Crippen LogP contribution in [0.25, 0.3) is 16.5 Å². The number of hydrogen-bond acceptors (Lipinski definition) is 4. The Labute approximate surface area is 185 Å². The summed E-state index contributed by atoms with van der Waals surface area (Å²) in [6.07, 6.45) is 1.49. The summed E-state index contributed by atoms with van der Waals surface area (Å²) in [7, 11) is 0. The van der Waals surface area contributed by atoms with Gasteiger partial charge in [-0.05, 0) is 54.6 Å². The van der Waals surface area contributed by atoms with Crippen molar-refractivity contribution in [2.24, 2.45) is 0 Å². The second-order valence-corrected chi connectivity index (χ2v) is 7.98. The second kappa shape index (κ2) is 7.54. The average Bonchev–Trinajstić information content (AvgIpc) is 3.42. The molecular formula is C27H21NO4. The van der Waals surface area contributed by atoms with Gasteiger partial charge in [0, 0.05) is 10.9 Å². The van der Waals surface area contributed by atoms with Crippen LogP contribution >= 0.6 is 0 Å². The fourth-order valence-corrected chi connectivity index (χ4v) is 4.26. The third-order valence-electron chi connectivity index (χ3n) is 6.06. The molecule has 5 rings (SSSR count). The number of carbonyl (C=O) groups excluding carboxylic acids is 2. The van der Waals surface area contributed by atoms with Gasteiger partial charge in [0.15, 0.2) is 0 Å². The molecule has 1 saturated heterocycles. The number of rotatable bonds is 3. The van der Waals surface area contributed by atoms with Gasteiger partial charge in [-0.2, -0.15) is 0 Å². The molecular weight excluding hydrogens is 402 g/mol. The molecule has 0 aliphatic carbocycles. The number of ketones is 1. The lowest BCUT2D eigenvalue weighted by atomic mass is 9.97. The minimum atomic E-state index is -0.877. The molecule has 0 saturated carbocycles. The van der Waals surface area contributed by atoms with Crippen LogP contribution in [0, 0.1) is 13.8 Å². The van der Waals surface area contributed by atoms with E-state index in [2.05, 4.69) is 0 Å². The zero-order chi connectivity index (χ0) is 22.4. The van der Waals surface area contributed by atoms with E-state index in [1.165, 1.54) is 11.2 Å². The summed E-state index contributed by atoms with van der Waals surface area (Å²) in [5, 5.41) is 13.0. The SMILES string of the molecule is Cc1ccc(/C(O)=C2/C(=O)C(=O)N(c3cccc4ccccc34)C2c2ccco2)cc1C. The highest BCUT2D eigenvalue weighted by Gasteiger charge is 2.48. The highest BCUT2D eigenvalue weighted by atomic mass is 16.3. The predicted octanol–water partition coefficient (Wildman–Crippen LogP) is 5.68. The smallest absolute Gasteiger partial charge is 0.300 e. The Morgan fingerprint density at radius 1 is 0.906 bits per heavy atom. The lowest BCUT2D eigenvalue weighted by Crippen LogP contribution is -2.29. The largest absolute Gasteiger partial charge is 0.507 e. The van der Waals surface area contributed by atoms with Crippen LogP contribution in [0.3, 0.4) is 0 Å². The molecule has 1 aliphatic rings. The summed E-state index contributed by atoms with van der Waals surface area (Å²) in [5.41, 5.74) is 3.14. The molecule has 1 unspecified atom stereocenters. The zero-order valence-corrected chi connectivity index (χ0v) is 17.7. The minimum absolute atomic E-state index is 0.0149. The lowest BCUT2D eigenvalue weighted by Gasteiger charge is -2.24. The van der Waals surface area contributed by atoms with Gasteiger partial charge in [0.1, 0.15) is 17.6 Å². The van der Waals surface area contributed by atoms with Crippen molar-refractivity contribution in [1.82, 2.24) is 0 Å². The number of carbonyl (C=O) groups is 2. The van der Waals surface area contributed by atoms with Crippen LogP contribution < -0.4 is 4.90 Å². The number of benzene rings is 3. The molecule has 1 amide bonds. The van der Waals surface area contributed by atoms with E-state index in [1.807, 2.05) is 62.4 Å². The van der Waals surface area contributed by atoms with Crippen molar-refractivity contribution >= 4 is 33.9 Å². The third kappa shape index (κ3) is 3.02. The summed E-state index contributed by atoms with van der Waals surface area (Å²) in [5.74, 6) is -1.25. The average molecular weight is 423 g/mol. The van der Waals surface area contributed by atoms with Gasteiger partial charge in [-0.1, -0.05) is 48.5 Å². The summed E-state index contributed by atoms with van der Waals surface area (Å²) in [4.78, 5) is 28.0. The van der Waals surface area contributed by atoms with E-state index in [0.29, 0.717) is 17.0 Å². The van der Waals surface area contributed by atoms with Crippen LogP contribution in [0.5, 0.6) is 0 Å². The van der Waals surface area contributed by atoms with Crippen LogP contribution in [0.15, 0.2) is 89.0 Å². The molecule has 1 atom stereocenters. The molecule has 0 spiro atoms. The van der Waals surface area contributed by atoms with Crippen LogP contribution in [-0.2, 0) is 9.59 Å². The van der Waals surface area contributed by atoms with Crippen LogP contribution in [-0.4, -0.2) is 16.8 Å². The normalized spacial score (nSPS) is 17.9. The Balaban J connectivity index is 1.76. The molecule has 5 nitrogen and oxygen atoms in total. The zero-order valence-electron chi connectivity index (χ0n) is 17.7. The first-order valence-corrected chi connectivity index (χ1v) is 10.4. The number of fused-ring (bicyclic) bond motifs is 1. The number of amides is 1. The molecule has 1 fully saturated rings. The number of furan rings is 1. The van der Waals surface area contributed by atoms with Gasteiger partial charge in [0.05, 0.1) is 17.5 Å². The Morgan fingerprint density at radius 3 is 2.44 bits per heavy atom. The second-order valence-electron chi connectivity index (χ2n) is 7.98. The number of aliphatic hydroxyl groups excluding tert-OH is 1. The number of nitrogens with zero attached hydrogens (tertiary/aromatic N) is 1. The van der Waals surface area contributed by atoms with Crippen LogP contribution in [0.2, 0.25) is 0 Å². The monoisotopic (exact) mass is 423 g/mol. The number of hydrogen-bond donors (Lipinski definition) is 1. The van der Waals surface area contributed by atoms with Crippen molar-refractivity contribution in [2.45, 2.75) is 19.9 Å². The molecule has 32 heavy (non-hydrogen) atoms. The standard InChI is InChI=1S/C27H21NO4/c1-16-12-13-19(15-17(16)2)25(29)23-24(22-11-6-14-32-22)28(27(31)26(23)30)21-10-5-8-18-7-3-4-9-20(18)21/h3-15,24,29H,1-2H3/b25-23-. The predicted molar refractivity (Wildman–Crippen MR) is 123 cm³/mol. The van der Waals surface area contributed by atoms with Gasteiger partial charge >= 0.3 is 0 Å². The van der Waals surface area contributed by atoms with E-state index in [-0.39, 0.29) is 11.3 Å². The molecule has 1 N–H and O–H groups in total. The quantitative estimate of drug-likeness (QED) is 0.262. The minimum Gasteiger partial charge on any atom is -0.507 e. The fraction of sp³-hybridized carbons (Fsp3) is 0.111. The first-order chi connectivity index (χ1) is 15.5. The van der Waals surface area contributed by atoms with E-state index in [9.17, 15) is 14.7 Å². The topological polar surface area (TPSA) is 70.8 Å². The maximum atomic E-state index is 13.3. The van der Waals surface area contributed by atoms with E-state index < -0.39 is 17.7 Å². The van der Waals surface area contributed by atoms with Crippen molar-refractivity contribution in [2.75, 3.05) is 4.90 Å². The number of anilines is 1. The van der Waals surface area contributed by atoms with Gasteiger partial charge in [0.25, 0.3) is 11.7 Å². The van der Waals surface area contributed by atoms with Crippen molar-refractivity contribution in [3.63, 3.8) is 0 Å². The summed E-state index contributed by atoms with van der Waals surface area (Å²) >= 11 is 0. The molecule has 158 valence electrons. The Bertz CT molecular complexity index is 1390. The fourth-order valence-electron chi connectivity index (χ4n) is 4.26. The van der Waals surface area contributed by atoms with Gasteiger partial charge < -0.3 is 9.52 Å². The number of aliphatic hydroxyl groups is 1. The van der Waals surface area contributed by atoms with Crippen molar-refractivity contribution in [3.05, 3.63) is 107 Å². The van der Waals surface area contributed by atoms with E-state index in [4.69, 9.17) is 4.42 Å². The molecule has 0 bridgehead atoms. The first kappa shape index (κ1) is 19.8. The first-order valence-electron chi connectivity index (χ1n) is 10.4. The molecule has 2 heterocycles. The molecule has 3 aromatic carbocycles. The van der Waals surface area contributed by atoms with Crippen molar-refractivity contribution in [3.8, 4) is 0 Å². The molecule has 1 aromatic heterocycles. The number of Topliss-reactive ketones (excluding diaryl/α,β-unsaturated/α-hetero) is 1. The van der Waals surface area contributed by atoms with Crippen LogP contribution in [0.4, 0.5) is 5.69 Å². The molecule has 4 aromatic rings. The van der Waals surface area contributed by atoms with Gasteiger partial charge in [-0.25, -0.2) is 0 Å². The van der Waals surface area contributed by atoms with Crippen molar-refractivity contribution < 1.29 is 19.1 Å². The summed E-state index contributed by atoms with van der Waals surface area (Å²) in [6, 6.07) is 21.3. The highest BCUT2D eigenvalue weighted by Crippen LogP contribution is 2.44. The van der Waals surface area contributed by atoms with Gasteiger partial charge in [-0.15, -0.1) is 0 Å². The lowest BCUT2D eigenvalue weighted by molar-refractivity contribution is -0.132. The van der Waals surface area contributed by atoms with Crippen molar-refractivity contribution in [1.29, 1.82) is 0 Å². The molecule has 0 radical (unpaired) electrons. The summed E-state index contributed by atoms with van der Waals surface area (Å²) in [6.45, 7) is 3.91. The third-order valence-corrected chi connectivity index (χ3v) is 6.06. The molecule has 5 heteroatoms. The Hall–Kier alpha value is -4.12. The maximum absolute atomic E-state index is 13.3. The van der Waals surface area contributed by atoms with Gasteiger partial charge in [-0.3, -0.25) is 14.5 Å². The van der Waals surface area contributed by atoms with E-state index >= 15 is 0 Å². The summed E-state index contributed by atoms with van der Waals surface area (Å²) < 4.78 is 5.65. The Morgan fingerprint density at radius 2 is 1.69 bits per heavy atom. The van der Waals surface area contributed by atoms with Gasteiger partial charge in [0.2, 0.25) is 0 Å². The maximum Gasteiger partial charge on any atom is 0.300 e. The van der Waals surface area contributed by atoms with E-state index in [0.717, 1.165) is 21.9 Å². The highest BCUT2D eigenvalue weighted by molar-refractivity contribution is 6.52. The van der Waals surface area contributed by atoms with E-state index in [1.54, 1.807) is 24.3 Å².